The molecule has 1 aromatic carbocycles. The van der Waals surface area contributed by atoms with E-state index >= 15 is 0 Å². The second kappa shape index (κ2) is 7.48. The maximum absolute atomic E-state index is 11.9. The van der Waals surface area contributed by atoms with Gasteiger partial charge in [0.25, 0.3) is 0 Å². The molecule has 1 aromatic heterocycles. The van der Waals surface area contributed by atoms with Gasteiger partial charge >= 0.3 is 0 Å². The molecule has 0 saturated carbocycles. The Morgan fingerprint density at radius 3 is 2.76 bits per heavy atom. The number of thioether (sulfide) groups is 1. The van der Waals surface area contributed by atoms with Crippen molar-refractivity contribution in [1.82, 2.24) is 10.2 Å². The standard InChI is InChI=1S/C12H12ClN3O3S2/c1-18-9-4-10(19-2)8(3-7(9)13)15-11(17)5-20-12-16-14-6-21-12/h3-4,6H,5H2,1-2H3,(H,15,17). The number of carbonyl (C=O) groups excluding carboxylic acids is 1. The summed E-state index contributed by atoms with van der Waals surface area (Å²) in [6.07, 6.45) is 0. The Bertz CT molecular complexity index is 622. The molecule has 2 aromatic rings. The monoisotopic (exact) mass is 345 g/mol. The lowest BCUT2D eigenvalue weighted by Crippen LogP contribution is -2.14. The number of amides is 1. The molecule has 0 bridgehead atoms. The van der Waals surface area contributed by atoms with Crippen LogP contribution in [0.15, 0.2) is 22.0 Å². The van der Waals surface area contributed by atoms with E-state index in [1.165, 1.54) is 37.3 Å². The Morgan fingerprint density at radius 1 is 1.38 bits per heavy atom. The summed E-state index contributed by atoms with van der Waals surface area (Å²) in [6.45, 7) is 0. The SMILES string of the molecule is COc1cc(OC)c(NC(=O)CSc2nncs2)cc1Cl. The predicted molar refractivity (Wildman–Crippen MR) is 83.8 cm³/mol. The molecule has 1 heterocycles. The molecule has 112 valence electrons. The Kier molecular flexibility index (Phi) is 5.66. The number of aromatic nitrogens is 2. The van der Waals surface area contributed by atoms with Crippen molar-refractivity contribution in [3.05, 3.63) is 22.7 Å². The van der Waals surface area contributed by atoms with Crippen LogP contribution in [0.5, 0.6) is 11.5 Å². The third kappa shape index (κ3) is 4.23. The Balaban J connectivity index is 2.04. The van der Waals surface area contributed by atoms with Gasteiger partial charge in [-0.1, -0.05) is 34.7 Å². The van der Waals surface area contributed by atoms with Gasteiger partial charge in [-0.25, -0.2) is 0 Å². The zero-order chi connectivity index (χ0) is 15.2. The van der Waals surface area contributed by atoms with Gasteiger partial charge in [0.2, 0.25) is 5.91 Å². The van der Waals surface area contributed by atoms with E-state index in [4.69, 9.17) is 21.1 Å². The van der Waals surface area contributed by atoms with Gasteiger partial charge < -0.3 is 14.8 Å². The molecule has 1 amide bonds. The van der Waals surface area contributed by atoms with Crippen LogP contribution in [0.3, 0.4) is 0 Å². The summed E-state index contributed by atoms with van der Waals surface area (Å²) in [5, 5.41) is 10.7. The number of benzene rings is 1. The van der Waals surface area contributed by atoms with E-state index in [0.717, 1.165) is 4.34 Å². The molecule has 9 heteroatoms. The number of nitrogens with zero attached hydrogens (tertiary/aromatic N) is 2. The Morgan fingerprint density at radius 2 is 2.14 bits per heavy atom. The molecule has 21 heavy (non-hydrogen) atoms. The maximum atomic E-state index is 11.9. The number of carbonyl (C=O) groups is 1. The fourth-order valence-electron chi connectivity index (χ4n) is 1.50. The van der Waals surface area contributed by atoms with Crippen molar-refractivity contribution in [2.75, 3.05) is 25.3 Å². The molecule has 1 N–H and O–H groups in total. The highest BCUT2D eigenvalue weighted by Crippen LogP contribution is 2.36. The van der Waals surface area contributed by atoms with Gasteiger partial charge in [-0.3, -0.25) is 4.79 Å². The third-order valence-electron chi connectivity index (χ3n) is 2.41. The zero-order valence-corrected chi connectivity index (χ0v) is 13.6. The predicted octanol–water partition coefficient (Wildman–Crippen LogP) is 2.94. The first-order valence-corrected chi connectivity index (χ1v) is 7.98. The Hall–Kier alpha value is -1.51. The maximum Gasteiger partial charge on any atom is 0.234 e. The van der Waals surface area contributed by atoms with E-state index < -0.39 is 0 Å². The topological polar surface area (TPSA) is 73.3 Å². The summed E-state index contributed by atoms with van der Waals surface area (Å²) in [6, 6.07) is 3.21. The minimum atomic E-state index is -0.185. The first kappa shape index (κ1) is 15.9. The van der Waals surface area contributed by atoms with Crippen molar-refractivity contribution in [2.24, 2.45) is 0 Å². The first-order chi connectivity index (χ1) is 10.1. The molecule has 0 unspecified atom stereocenters. The molecule has 2 rings (SSSR count). The number of anilines is 1. The number of nitrogens with one attached hydrogen (secondary N) is 1. The molecule has 0 spiro atoms. The molecule has 0 atom stereocenters. The summed E-state index contributed by atoms with van der Waals surface area (Å²) in [5.74, 6) is 0.997. The number of hydrogen-bond acceptors (Lipinski definition) is 7. The van der Waals surface area contributed by atoms with Crippen LogP contribution in [-0.2, 0) is 4.79 Å². The molecular formula is C12H12ClN3O3S2. The summed E-state index contributed by atoms with van der Waals surface area (Å²) in [7, 11) is 3.02. The number of hydrogen-bond donors (Lipinski definition) is 1. The zero-order valence-electron chi connectivity index (χ0n) is 11.3. The lowest BCUT2D eigenvalue weighted by atomic mass is 10.2. The lowest BCUT2D eigenvalue weighted by Gasteiger charge is -2.12. The highest BCUT2D eigenvalue weighted by Gasteiger charge is 2.13. The minimum absolute atomic E-state index is 0.185. The fraction of sp³-hybridized carbons (Fsp3) is 0.250. The summed E-state index contributed by atoms with van der Waals surface area (Å²) in [5.41, 5.74) is 2.11. The fourth-order valence-corrected chi connectivity index (χ4v) is 3.03. The van der Waals surface area contributed by atoms with Crippen LogP contribution < -0.4 is 14.8 Å². The first-order valence-electron chi connectivity index (χ1n) is 5.74. The molecule has 0 fully saturated rings. The third-order valence-corrected chi connectivity index (χ3v) is 4.57. The van der Waals surface area contributed by atoms with Gasteiger partial charge in [-0.15, -0.1) is 10.2 Å². The molecular weight excluding hydrogens is 334 g/mol. The molecule has 0 radical (unpaired) electrons. The number of halogens is 1. The van der Waals surface area contributed by atoms with Crippen molar-refractivity contribution in [3.8, 4) is 11.5 Å². The molecule has 6 nitrogen and oxygen atoms in total. The van der Waals surface area contributed by atoms with Crippen LogP contribution in [0.4, 0.5) is 5.69 Å². The van der Waals surface area contributed by atoms with Gasteiger partial charge in [0, 0.05) is 6.07 Å². The van der Waals surface area contributed by atoms with E-state index in [9.17, 15) is 4.79 Å². The molecule has 0 aliphatic heterocycles. The highest BCUT2D eigenvalue weighted by atomic mass is 35.5. The van der Waals surface area contributed by atoms with Gasteiger partial charge in [0.05, 0.1) is 30.7 Å². The van der Waals surface area contributed by atoms with E-state index in [1.807, 2.05) is 0 Å². The van der Waals surface area contributed by atoms with E-state index in [2.05, 4.69) is 15.5 Å². The molecule has 0 aliphatic carbocycles. The summed E-state index contributed by atoms with van der Waals surface area (Å²) < 4.78 is 11.1. The van der Waals surface area contributed by atoms with E-state index in [1.54, 1.807) is 17.6 Å². The van der Waals surface area contributed by atoms with Crippen molar-refractivity contribution in [2.45, 2.75) is 4.34 Å². The lowest BCUT2D eigenvalue weighted by molar-refractivity contribution is -0.113. The average molecular weight is 346 g/mol. The van der Waals surface area contributed by atoms with Gasteiger partial charge in [0.15, 0.2) is 4.34 Å². The van der Waals surface area contributed by atoms with Crippen LogP contribution in [0, 0.1) is 0 Å². The number of ether oxygens (including phenoxy) is 2. The normalized spacial score (nSPS) is 10.2. The van der Waals surface area contributed by atoms with Crippen molar-refractivity contribution < 1.29 is 14.3 Å². The second-order valence-electron chi connectivity index (χ2n) is 3.73. The van der Waals surface area contributed by atoms with Gasteiger partial charge in [-0.05, 0) is 6.07 Å². The van der Waals surface area contributed by atoms with Crippen LogP contribution >= 0.6 is 34.7 Å². The van der Waals surface area contributed by atoms with Crippen LogP contribution in [0.1, 0.15) is 0 Å². The van der Waals surface area contributed by atoms with E-state index in [0.29, 0.717) is 22.2 Å². The molecule has 0 saturated heterocycles. The number of methoxy groups -OCH3 is 2. The largest absolute Gasteiger partial charge is 0.495 e. The van der Waals surface area contributed by atoms with Crippen molar-refractivity contribution in [3.63, 3.8) is 0 Å². The quantitative estimate of drug-likeness (QED) is 0.811. The van der Waals surface area contributed by atoms with Crippen molar-refractivity contribution >= 4 is 46.3 Å². The van der Waals surface area contributed by atoms with Gasteiger partial charge in [-0.2, -0.15) is 0 Å². The van der Waals surface area contributed by atoms with Crippen molar-refractivity contribution in [1.29, 1.82) is 0 Å². The Labute approximate surface area is 134 Å². The minimum Gasteiger partial charge on any atom is -0.495 e. The summed E-state index contributed by atoms with van der Waals surface area (Å²) >= 11 is 8.75. The summed E-state index contributed by atoms with van der Waals surface area (Å²) in [4.78, 5) is 11.9. The van der Waals surface area contributed by atoms with Gasteiger partial charge in [0.1, 0.15) is 17.0 Å². The highest BCUT2D eigenvalue weighted by molar-refractivity contribution is 8.01. The van der Waals surface area contributed by atoms with Crippen LogP contribution in [0.2, 0.25) is 5.02 Å². The molecule has 0 aliphatic rings. The average Bonchev–Trinajstić information content (AvgIpc) is 2.99. The van der Waals surface area contributed by atoms with Crippen LogP contribution in [-0.4, -0.2) is 36.1 Å². The smallest absolute Gasteiger partial charge is 0.234 e. The second-order valence-corrected chi connectivity index (χ2v) is 6.19. The van der Waals surface area contributed by atoms with Crippen LogP contribution in [0.25, 0.3) is 0 Å². The van der Waals surface area contributed by atoms with E-state index in [-0.39, 0.29) is 11.7 Å². The number of rotatable bonds is 6.